The number of nitrogens with two attached hydrogens (primary N) is 1. The van der Waals surface area contributed by atoms with E-state index in [1.165, 1.54) is 17.0 Å². The Balaban J connectivity index is 1.97. The van der Waals surface area contributed by atoms with E-state index in [0.29, 0.717) is 18.5 Å². The third kappa shape index (κ3) is 2.85. The van der Waals surface area contributed by atoms with E-state index in [4.69, 9.17) is 17.3 Å². The van der Waals surface area contributed by atoms with E-state index in [0.717, 1.165) is 11.1 Å². The highest BCUT2D eigenvalue weighted by Crippen LogP contribution is 2.33. The van der Waals surface area contributed by atoms with Crippen molar-refractivity contribution in [1.29, 1.82) is 0 Å². The lowest BCUT2D eigenvalue weighted by Gasteiger charge is -2.27. The maximum atomic E-state index is 11.9. The van der Waals surface area contributed by atoms with Crippen LogP contribution in [0.1, 0.15) is 11.1 Å². The van der Waals surface area contributed by atoms with E-state index in [9.17, 15) is 14.9 Å². The van der Waals surface area contributed by atoms with Gasteiger partial charge < -0.3 is 5.73 Å². The minimum absolute atomic E-state index is 0.0258. The summed E-state index contributed by atoms with van der Waals surface area (Å²) in [5, 5.41) is 11.1. The number of urea groups is 1. The Morgan fingerprint density at radius 2 is 1.83 bits per heavy atom. The number of nitrogens with zero attached hydrogens (tertiary/aromatic N) is 2. The molecule has 0 radical (unpaired) electrons. The quantitative estimate of drug-likeness (QED) is 0.691. The first-order valence-electron chi connectivity index (χ1n) is 7.06. The molecule has 0 atom stereocenters. The molecule has 2 amide bonds. The zero-order valence-electron chi connectivity index (χ0n) is 12.1. The SMILES string of the molecule is NC(=O)N(c1ccc(Cl)c([N+](=O)[O-])c1)C1Cc2ccccc2C1. The standard InChI is InChI=1S/C16H14ClN3O3/c17-14-6-5-12(9-15(14)20(22)23)19(16(18)21)13-7-10-3-1-2-4-11(10)8-13/h1-6,9,13H,7-8H2,(H2,18,21). The van der Waals surface area contributed by atoms with Crippen LogP contribution < -0.4 is 10.6 Å². The number of primary amides is 1. The fraction of sp³-hybridized carbons (Fsp3) is 0.188. The summed E-state index contributed by atoms with van der Waals surface area (Å²) in [6.07, 6.45) is 1.32. The van der Waals surface area contributed by atoms with Crippen molar-refractivity contribution >= 4 is 29.0 Å². The highest BCUT2D eigenvalue weighted by Gasteiger charge is 2.31. The first-order valence-corrected chi connectivity index (χ1v) is 7.44. The summed E-state index contributed by atoms with van der Waals surface area (Å²) in [5.74, 6) is 0. The van der Waals surface area contributed by atoms with Crippen LogP contribution in [0.4, 0.5) is 16.2 Å². The van der Waals surface area contributed by atoms with Crippen LogP contribution in [-0.2, 0) is 12.8 Å². The van der Waals surface area contributed by atoms with Gasteiger partial charge in [-0.3, -0.25) is 15.0 Å². The van der Waals surface area contributed by atoms with Gasteiger partial charge in [-0.05, 0) is 36.1 Å². The van der Waals surface area contributed by atoms with Gasteiger partial charge >= 0.3 is 6.03 Å². The van der Waals surface area contributed by atoms with Gasteiger partial charge in [-0.2, -0.15) is 0 Å². The van der Waals surface area contributed by atoms with Crippen molar-refractivity contribution in [1.82, 2.24) is 0 Å². The van der Waals surface area contributed by atoms with Crippen LogP contribution in [0.5, 0.6) is 0 Å². The molecule has 7 heteroatoms. The third-order valence-electron chi connectivity index (χ3n) is 4.04. The molecule has 2 aromatic rings. The lowest BCUT2D eigenvalue weighted by molar-refractivity contribution is -0.384. The molecule has 2 N–H and O–H groups in total. The summed E-state index contributed by atoms with van der Waals surface area (Å²) in [6, 6.07) is 11.4. The lowest BCUT2D eigenvalue weighted by Crippen LogP contribution is -2.44. The summed E-state index contributed by atoms with van der Waals surface area (Å²) in [4.78, 5) is 23.8. The Hall–Kier alpha value is -2.60. The number of hydrogen-bond donors (Lipinski definition) is 1. The van der Waals surface area contributed by atoms with Gasteiger partial charge in [0.1, 0.15) is 5.02 Å². The highest BCUT2D eigenvalue weighted by molar-refractivity contribution is 6.32. The molecule has 0 saturated carbocycles. The summed E-state index contributed by atoms with van der Waals surface area (Å²) in [5.41, 5.74) is 7.99. The molecule has 0 aliphatic heterocycles. The summed E-state index contributed by atoms with van der Waals surface area (Å²) in [7, 11) is 0. The van der Waals surface area contributed by atoms with Gasteiger partial charge in [0, 0.05) is 12.1 Å². The van der Waals surface area contributed by atoms with Gasteiger partial charge in [0.25, 0.3) is 5.69 Å². The molecular formula is C16H14ClN3O3. The number of hydrogen-bond acceptors (Lipinski definition) is 3. The van der Waals surface area contributed by atoms with E-state index in [2.05, 4.69) is 0 Å². The number of anilines is 1. The number of nitro benzene ring substituents is 1. The molecule has 0 spiro atoms. The van der Waals surface area contributed by atoms with Crippen LogP contribution >= 0.6 is 11.6 Å². The van der Waals surface area contributed by atoms with Crippen molar-refractivity contribution in [2.45, 2.75) is 18.9 Å². The number of fused-ring (bicyclic) bond motifs is 1. The Morgan fingerprint density at radius 3 is 2.35 bits per heavy atom. The van der Waals surface area contributed by atoms with Gasteiger partial charge in [-0.1, -0.05) is 35.9 Å². The highest BCUT2D eigenvalue weighted by atomic mass is 35.5. The van der Waals surface area contributed by atoms with Gasteiger partial charge in [-0.25, -0.2) is 4.79 Å². The second-order valence-electron chi connectivity index (χ2n) is 5.43. The number of carbonyl (C=O) groups excluding carboxylic acids is 1. The van der Waals surface area contributed by atoms with Crippen molar-refractivity contribution < 1.29 is 9.72 Å². The molecule has 0 unspecified atom stereocenters. The number of carbonyl (C=O) groups is 1. The van der Waals surface area contributed by atoms with Crippen molar-refractivity contribution in [2.24, 2.45) is 5.73 Å². The minimum atomic E-state index is -0.639. The van der Waals surface area contributed by atoms with Crippen molar-refractivity contribution in [3.05, 3.63) is 68.7 Å². The number of nitro groups is 1. The molecule has 23 heavy (non-hydrogen) atoms. The normalized spacial score (nSPS) is 13.6. The Kier molecular flexibility index (Phi) is 3.92. The number of rotatable bonds is 3. The molecule has 0 saturated heterocycles. The molecule has 0 aromatic heterocycles. The predicted molar refractivity (Wildman–Crippen MR) is 87.8 cm³/mol. The van der Waals surface area contributed by atoms with E-state index in [-0.39, 0.29) is 16.8 Å². The minimum Gasteiger partial charge on any atom is -0.351 e. The fourth-order valence-corrected chi connectivity index (χ4v) is 3.21. The van der Waals surface area contributed by atoms with Gasteiger partial charge in [0.2, 0.25) is 0 Å². The molecule has 1 aliphatic carbocycles. The number of amides is 2. The van der Waals surface area contributed by atoms with Crippen LogP contribution in [0.25, 0.3) is 0 Å². The lowest BCUT2D eigenvalue weighted by atomic mass is 10.1. The average molecular weight is 332 g/mol. The second kappa shape index (κ2) is 5.89. The summed E-state index contributed by atoms with van der Waals surface area (Å²) < 4.78 is 0. The van der Waals surface area contributed by atoms with E-state index in [1.54, 1.807) is 6.07 Å². The first kappa shape index (κ1) is 15.3. The Morgan fingerprint density at radius 1 is 1.22 bits per heavy atom. The first-order chi connectivity index (χ1) is 11.0. The molecule has 0 bridgehead atoms. The largest absolute Gasteiger partial charge is 0.351 e. The predicted octanol–water partition coefficient (Wildman–Crippen LogP) is 3.30. The second-order valence-corrected chi connectivity index (χ2v) is 5.84. The van der Waals surface area contributed by atoms with Crippen LogP contribution in [0.15, 0.2) is 42.5 Å². The Labute approximate surface area is 137 Å². The van der Waals surface area contributed by atoms with Crippen LogP contribution in [0.3, 0.4) is 0 Å². The molecule has 0 fully saturated rings. The molecule has 118 valence electrons. The Bertz CT molecular complexity index is 769. The smallest absolute Gasteiger partial charge is 0.319 e. The third-order valence-corrected chi connectivity index (χ3v) is 4.36. The maximum absolute atomic E-state index is 11.9. The van der Waals surface area contributed by atoms with Gasteiger partial charge in [-0.15, -0.1) is 0 Å². The number of benzene rings is 2. The molecule has 2 aromatic carbocycles. The van der Waals surface area contributed by atoms with Gasteiger partial charge in [0.05, 0.1) is 10.6 Å². The molecule has 0 heterocycles. The monoisotopic (exact) mass is 331 g/mol. The number of halogens is 1. The zero-order chi connectivity index (χ0) is 16.6. The average Bonchev–Trinajstić information content (AvgIpc) is 2.91. The van der Waals surface area contributed by atoms with E-state index in [1.807, 2.05) is 24.3 Å². The molecule has 6 nitrogen and oxygen atoms in total. The van der Waals surface area contributed by atoms with Crippen LogP contribution in [0, 0.1) is 10.1 Å². The van der Waals surface area contributed by atoms with Crippen molar-refractivity contribution in [2.75, 3.05) is 4.90 Å². The fourth-order valence-electron chi connectivity index (χ4n) is 3.03. The maximum Gasteiger partial charge on any atom is 0.319 e. The molecular weight excluding hydrogens is 318 g/mol. The topological polar surface area (TPSA) is 89.5 Å². The van der Waals surface area contributed by atoms with Gasteiger partial charge in [0.15, 0.2) is 0 Å². The zero-order valence-corrected chi connectivity index (χ0v) is 12.9. The summed E-state index contributed by atoms with van der Waals surface area (Å²) >= 11 is 5.83. The van der Waals surface area contributed by atoms with E-state index < -0.39 is 11.0 Å². The molecule has 1 aliphatic rings. The van der Waals surface area contributed by atoms with Crippen molar-refractivity contribution in [3.8, 4) is 0 Å². The van der Waals surface area contributed by atoms with E-state index >= 15 is 0 Å². The van der Waals surface area contributed by atoms with Crippen LogP contribution in [0.2, 0.25) is 5.02 Å². The van der Waals surface area contributed by atoms with Crippen LogP contribution in [-0.4, -0.2) is 17.0 Å². The van der Waals surface area contributed by atoms with Crippen molar-refractivity contribution in [3.63, 3.8) is 0 Å². The molecule has 3 rings (SSSR count). The summed E-state index contributed by atoms with van der Waals surface area (Å²) in [6.45, 7) is 0.